The SMILES string of the molecule is COc1ccc2nnc(C3CNCCO3)n2c1. The summed E-state index contributed by atoms with van der Waals surface area (Å²) >= 11 is 0. The van der Waals surface area contributed by atoms with E-state index in [-0.39, 0.29) is 6.10 Å². The van der Waals surface area contributed by atoms with Gasteiger partial charge in [0.2, 0.25) is 0 Å². The molecule has 1 fully saturated rings. The van der Waals surface area contributed by atoms with Gasteiger partial charge < -0.3 is 14.8 Å². The predicted octanol–water partition coefficient (Wildman–Crippen LogP) is 0.399. The van der Waals surface area contributed by atoms with Gasteiger partial charge in [0.15, 0.2) is 11.5 Å². The summed E-state index contributed by atoms with van der Waals surface area (Å²) in [5, 5.41) is 11.6. The van der Waals surface area contributed by atoms with Crippen molar-refractivity contribution in [1.29, 1.82) is 0 Å². The number of nitrogens with zero attached hydrogens (tertiary/aromatic N) is 3. The highest BCUT2D eigenvalue weighted by Gasteiger charge is 2.21. The highest BCUT2D eigenvalue weighted by molar-refractivity contribution is 5.41. The Morgan fingerprint density at radius 2 is 2.41 bits per heavy atom. The molecule has 90 valence electrons. The smallest absolute Gasteiger partial charge is 0.168 e. The van der Waals surface area contributed by atoms with E-state index in [9.17, 15) is 0 Å². The molecule has 1 N–H and O–H groups in total. The number of fused-ring (bicyclic) bond motifs is 1. The van der Waals surface area contributed by atoms with Crippen LogP contribution in [0.1, 0.15) is 11.9 Å². The summed E-state index contributed by atoms with van der Waals surface area (Å²) in [7, 11) is 1.64. The standard InChI is InChI=1S/C11H14N4O2/c1-16-8-2-3-10-13-14-11(15(10)7-8)9-6-12-4-5-17-9/h2-3,7,9,12H,4-6H2,1H3. The number of morpholine rings is 1. The molecule has 2 aromatic rings. The Kier molecular flexibility index (Phi) is 2.66. The van der Waals surface area contributed by atoms with Crippen LogP contribution < -0.4 is 10.1 Å². The maximum atomic E-state index is 5.68. The molecule has 0 amide bonds. The molecule has 1 aliphatic heterocycles. The van der Waals surface area contributed by atoms with Crippen molar-refractivity contribution in [3.63, 3.8) is 0 Å². The number of aromatic nitrogens is 3. The van der Waals surface area contributed by atoms with Crippen LogP contribution in [0.5, 0.6) is 5.75 Å². The van der Waals surface area contributed by atoms with Gasteiger partial charge in [-0.3, -0.25) is 4.40 Å². The molecule has 6 heteroatoms. The number of ether oxygens (including phenoxy) is 2. The Bertz CT molecular complexity index is 519. The molecule has 0 aliphatic carbocycles. The fraction of sp³-hybridized carbons (Fsp3) is 0.455. The Balaban J connectivity index is 2.02. The lowest BCUT2D eigenvalue weighted by atomic mass is 10.3. The average molecular weight is 234 g/mol. The Hall–Kier alpha value is -1.66. The van der Waals surface area contributed by atoms with Crippen LogP contribution >= 0.6 is 0 Å². The van der Waals surface area contributed by atoms with E-state index in [2.05, 4.69) is 15.5 Å². The second-order valence-corrected chi connectivity index (χ2v) is 3.92. The monoisotopic (exact) mass is 234 g/mol. The van der Waals surface area contributed by atoms with Gasteiger partial charge >= 0.3 is 0 Å². The van der Waals surface area contributed by atoms with Crippen LogP contribution in [0.3, 0.4) is 0 Å². The van der Waals surface area contributed by atoms with Crippen molar-refractivity contribution in [3.8, 4) is 5.75 Å². The first kappa shape index (κ1) is 10.5. The minimum atomic E-state index is -0.0501. The normalized spacial score (nSPS) is 20.6. The highest BCUT2D eigenvalue weighted by atomic mass is 16.5. The fourth-order valence-electron chi connectivity index (χ4n) is 1.96. The molecule has 0 radical (unpaired) electrons. The van der Waals surface area contributed by atoms with Crippen LogP contribution in [0.15, 0.2) is 18.3 Å². The van der Waals surface area contributed by atoms with Crippen molar-refractivity contribution in [2.75, 3.05) is 26.8 Å². The van der Waals surface area contributed by atoms with Crippen LogP contribution in [-0.2, 0) is 4.74 Å². The average Bonchev–Trinajstić information content (AvgIpc) is 2.82. The first-order valence-electron chi connectivity index (χ1n) is 5.59. The summed E-state index contributed by atoms with van der Waals surface area (Å²) in [5.41, 5.74) is 0.801. The van der Waals surface area contributed by atoms with Crippen molar-refractivity contribution < 1.29 is 9.47 Å². The number of nitrogens with one attached hydrogen (secondary N) is 1. The van der Waals surface area contributed by atoms with E-state index in [0.717, 1.165) is 30.3 Å². The van der Waals surface area contributed by atoms with E-state index in [4.69, 9.17) is 9.47 Å². The van der Waals surface area contributed by atoms with Gasteiger partial charge in [-0.2, -0.15) is 0 Å². The minimum Gasteiger partial charge on any atom is -0.495 e. The molecule has 1 unspecified atom stereocenters. The number of pyridine rings is 1. The van der Waals surface area contributed by atoms with E-state index in [1.165, 1.54) is 0 Å². The Morgan fingerprint density at radius 3 is 3.18 bits per heavy atom. The summed E-state index contributed by atoms with van der Waals surface area (Å²) in [6, 6.07) is 3.75. The summed E-state index contributed by atoms with van der Waals surface area (Å²) < 4.78 is 12.8. The van der Waals surface area contributed by atoms with Crippen molar-refractivity contribution >= 4 is 5.65 Å². The summed E-state index contributed by atoms with van der Waals surface area (Å²) in [6.07, 6.45) is 1.83. The van der Waals surface area contributed by atoms with Crippen molar-refractivity contribution in [1.82, 2.24) is 19.9 Å². The van der Waals surface area contributed by atoms with Gasteiger partial charge in [0, 0.05) is 13.1 Å². The first-order valence-corrected chi connectivity index (χ1v) is 5.59. The summed E-state index contributed by atoms with van der Waals surface area (Å²) in [4.78, 5) is 0. The molecule has 0 spiro atoms. The van der Waals surface area contributed by atoms with Crippen molar-refractivity contribution in [2.45, 2.75) is 6.10 Å². The Morgan fingerprint density at radius 1 is 1.47 bits per heavy atom. The molecule has 0 bridgehead atoms. The third-order valence-corrected chi connectivity index (χ3v) is 2.85. The van der Waals surface area contributed by atoms with Crippen LogP contribution in [0.4, 0.5) is 0 Å². The van der Waals surface area contributed by atoms with Crippen LogP contribution in [0.25, 0.3) is 5.65 Å². The van der Waals surface area contributed by atoms with Gasteiger partial charge in [0.05, 0.1) is 19.9 Å². The van der Waals surface area contributed by atoms with E-state index >= 15 is 0 Å². The summed E-state index contributed by atoms with van der Waals surface area (Å²) in [6.45, 7) is 2.35. The lowest BCUT2D eigenvalue weighted by Crippen LogP contribution is -2.34. The second-order valence-electron chi connectivity index (χ2n) is 3.92. The van der Waals surface area contributed by atoms with Crippen LogP contribution in [0.2, 0.25) is 0 Å². The molecule has 0 saturated carbocycles. The molecule has 1 atom stereocenters. The van der Waals surface area contributed by atoms with E-state index in [1.807, 2.05) is 22.7 Å². The van der Waals surface area contributed by atoms with Gasteiger partial charge in [-0.05, 0) is 12.1 Å². The van der Waals surface area contributed by atoms with Gasteiger partial charge in [0.1, 0.15) is 11.9 Å². The van der Waals surface area contributed by atoms with Crippen molar-refractivity contribution in [3.05, 3.63) is 24.2 Å². The van der Waals surface area contributed by atoms with E-state index in [1.54, 1.807) is 7.11 Å². The zero-order chi connectivity index (χ0) is 11.7. The maximum absolute atomic E-state index is 5.68. The molecular weight excluding hydrogens is 220 g/mol. The van der Waals surface area contributed by atoms with Crippen LogP contribution in [0, 0.1) is 0 Å². The van der Waals surface area contributed by atoms with Crippen LogP contribution in [-0.4, -0.2) is 41.4 Å². The van der Waals surface area contributed by atoms with Gasteiger partial charge in [-0.15, -0.1) is 10.2 Å². The maximum Gasteiger partial charge on any atom is 0.168 e. The lowest BCUT2D eigenvalue weighted by molar-refractivity contribution is 0.0215. The molecule has 2 aromatic heterocycles. The quantitative estimate of drug-likeness (QED) is 0.815. The topological polar surface area (TPSA) is 60.7 Å². The number of hydrogen-bond donors (Lipinski definition) is 1. The van der Waals surface area contributed by atoms with Gasteiger partial charge in [-0.25, -0.2) is 0 Å². The lowest BCUT2D eigenvalue weighted by Gasteiger charge is -2.22. The summed E-state index contributed by atoms with van der Waals surface area (Å²) in [5.74, 6) is 1.59. The number of rotatable bonds is 2. The number of methoxy groups -OCH3 is 1. The van der Waals surface area contributed by atoms with E-state index in [0.29, 0.717) is 6.61 Å². The van der Waals surface area contributed by atoms with E-state index < -0.39 is 0 Å². The third kappa shape index (κ3) is 1.85. The predicted molar refractivity (Wildman–Crippen MR) is 61.1 cm³/mol. The molecule has 6 nitrogen and oxygen atoms in total. The van der Waals surface area contributed by atoms with Gasteiger partial charge in [0.25, 0.3) is 0 Å². The molecular formula is C11H14N4O2. The molecule has 1 saturated heterocycles. The second kappa shape index (κ2) is 4.31. The largest absolute Gasteiger partial charge is 0.495 e. The Labute approximate surface area is 98.6 Å². The molecule has 3 heterocycles. The minimum absolute atomic E-state index is 0.0501. The highest BCUT2D eigenvalue weighted by Crippen LogP contribution is 2.20. The zero-order valence-electron chi connectivity index (χ0n) is 9.59. The molecule has 3 rings (SSSR count). The third-order valence-electron chi connectivity index (χ3n) is 2.85. The zero-order valence-corrected chi connectivity index (χ0v) is 9.59. The first-order chi connectivity index (χ1) is 8.38. The molecule has 0 aromatic carbocycles. The van der Waals surface area contributed by atoms with Gasteiger partial charge in [-0.1, -0.05) is 0 Å². The molecule has 17 heavy (non-hydrogen) atoms. The fourth-order valence-corrected chi connectivity index (χ4v) is 1.96. The number of hydrogen-bond acceptors (Lipinski definition) is 5. The van der Waals surface area contributed by atoms with Crippen molar-refractivity contribution in [2.24, 2.45) is 0 Å². The molecule has 1 aliphatic rings.